The van der Waals surface area contributed by atoms with Crippen LogP contribution in [-0.2, 0) is 9.59 Å². The van der Waals surface area contributed by atoms with Gasteiger partial charge in [-0.05, 0) is 64.8 Å². The molecule has 2 rings (SSSR count). The van der Waals surface area contributed by atoms with Gasteiger partial charge < -0.3 is 10.1 Å². The topological polar surface area (TPSA) is 96.5 Å². The maximum atomic E-state index is 12.1. The van der Waals surface area contributed by atoms with Crippen molar-refractivity contribution in [1.82, 2.24) is 10.9 Å². The number of hydrogen-bond donors (Lipinski definition) is 3. The van der Waals surface area contributed by atoms with Crippen LogP contribution in [0.1, 0.15) is 30.1 Å². The lowest BCUT2D eigenvalue weighted by molar-refractivity contribution is -0.123. The molecule has 0 atom stereocenters. The van der Waals surface area contributed by atoms with Crippen molar-refractivity contribution >= 4 is 50.9 Å². The average molecular weight is 469 g/mol. The molecule has 0 aliphatic rings. The number of halogens is 2. The van der Waals surface area contributed by atoms with Gasteiger partial charge in [0.2, 0.25) is 5.91 Å². The third kappa shape index (κ3) is 6.86. The van der Waals surface area contributed by atoms with E-state index in [0.717, 1.165) is 6.42 Å². The predicted molar refractivity (Wildman–Crippen MR) is 110 cm³/mol. The molecule has 2 aromatic rings. The zero-order valence-corrected chi connectivity index (χ0v) is 17.4. The van der Waals surface area contributed by atoms with E-state index in [-0.39, 0.29) is 12.5 Å². The van der Waals surface area contributed by atoms with Gasteiger partial charge in [0.15, 0.2) is 6.61 Å². The van der Waals surface area contributed by atoms with E-state index in [1.807, 2.05) is 6.92 Å². The lowest BCUT2D eigenvalue weighted by Gasteiger charge is -2.10. The van der Waals surface area contributed by atoms with Crippen LogP contribution in [0, 0.1) is 0 Å². The molecule has 28 heavy (non-hydrogen) atoms. The summed E-state index contributed by atoms with van der Waals surface area (Å²) in [6.45, 7) is 1.63. The second-order valence-corrected chi connectivity index (χ2v) is 7.03. The fourth-order valence-electron chi connectivity index (χ4n) is 2.13. The number of benzene rings is 2. The highest BCUT2D eigenvalue weighted by molar-refractivity contribution is 9.10. The summed E-state index contributed by atoms with van der Waals surface area (Å²) in [5, 5.41) is 3.26. The van der Waals surface area contributed by atoms with Gasteiger partial charge in [0.1, 0.15) is 5.75 Å². The molecule has 0 bridgehead atoms. The molecule has 0 aliphatic carbocycles. The summed E-state index contributed by atoms with van der Waals surface area (Å²) in [4.78, 5) is 35.5. The second kappa shape index (κ2) is 10.7. The standard InChI is InChI=1S/C19H19BrClN3O4/c1-2-3-17(25)22-14-7-4-12(5-8-14)19(27)24-23-18(26)11-28-16-9-6-13(21)10-15(16)20/h4-10H,2-3,11H2,1H3,(H,22,25)(H,23,26)(H,24,27). The van der Waals surface area contributed by atoms with Crippen LogP contribution >= 0.6 is 27.5 Å². The third-order valence-corrected chi connectivity index (χ3v) is 4.33. The van der Waals surface area contributed by atoms with Gasteiger partial charge in [-0.2, -0.15) is 0 Å². The molecule has 0 aliphatic heterocycles. The SMILES string of the molecule is CCCC(=O)Nc1ccc(C(=O)NNC(=O)COc2ccc(Cl)cc2Br)cc1. The number of amides is 3. The van der Waals surface area contributed by atoms with Crippen molar-refractivity contribution < 1.29 is 19.1 Å². The summed E-state index contributed by atoms with van der Waals surface area (Å²) in [5.74, 6) is -0.656. The van der Waals surface area contributed by atoms with E-state index in [2.05, 4.69) is 32.1 Å². The zero-order chi connectivity index (χ0) is 20.5. The van der Waals surface area contributed by atoms with Gasteiger partial charge in [0, 0.05) is 22.7 Å². The average Bonchev–Trinajstić information content (AvgIpc) is 2.66. The van der Waals surface area contributed by atoms with Gasteiger partial charge in [-0.1, -0.05) is 18.5 Å². The van der Waals surface area contributed by atoms with E-state index in [1.165, 1.54) is 0 Å². The zero-order valence-electron chi connectivity index (χ0n) is 15.1. The summed E-state index contributed by atoms with van der Waals surface area (Å²) in [7, 11) is 0. The molecule has 0 aromatic heterocycles. The monoisotopic (exact) mass is 467 g/mol. The van der Waals surface area contributed by atoms with Crippen LogP contribution in [-0.4, -0.2) is 24.3 Å². The number of rotatable bonds is 7. The minimum Gasteiger partial charge on any atom is -0.483 e. The first-order chi connectivity index (χ1) is 13.4. The van der Waals surface area contributed by atoms with Gasteiger partial charge in [0.25, 0.3) is 11.8 Å². The Morgan fingerprint density at radius 3 is 2.39 bits per heavy atom. The Balaban J connectivity index is 1.79. The van der Waals surface area contributed by atoms with Crippen LogP contribution in [0.4, 0.5) is 5.69 Å². The molecular weight excluding hydrogens is 450 g/mol. The van der Waals surface area contributed by atoms with Gasteiger partial charge in [-0.25, -0.2) is 0 Å². The maximum Gasteiger partial charge on any atom is 0.276 e. The Labute approximate surface area is 175 Å². The molecule has 0 heterocycles. The van der Waals surface area contributed by atoms with Crippen LogP contribution in [0.5, 0.6) is 5.75 Å². The first kappa shape index (κ1) is 21.7. The van der Waals surface area contributed by atoms with E-state index in [1.54, 1.807) is 42.5 Å². The lowest BCUT2D eigenvalue weighted by atomic mass is 10.2. The van der Waals surface area contributed by atoms with Crippen molar-refractivity contribution in [2.24, 2.45) is 0 Å². The van der Waals surface area contributed by atoms with Crippen LogP contribution in [0.3, 0.4) is 0 Å². The van der Waals surface area contributed by atoms with Gasteiger partial charge in [-0.3, -0.25) is 25.2 Å². The molecule has 2 aromatic carbocycles. The number of nitrogens with one attached hydrogen (secondary N) is 3. The van der Waals surface area contributed by atoms with Crippen LogP contribution in [0.15, 0.2) is 46.9 Å². The van der Waals surface area contributed by atoms with Gasteiger partial charge in [0.05, 0.1) is 4.47 Å². The molecule has 9 heteroatoms. The maximum absolute atomic E-state index is 12.1. The number of hydrazine groups is 1. The molecule has 0 fully saturated rings. The largest absolute Gasteiger partial charge is 0.483 e. The molecule has 7 nitrogen and oxygen atoms in total. The van der Waals surface area contributed by atoms with Gasteiger partial charge >= 0.3 is 0 Å². The quantitative estimate of drug-likeness (QED) is 0.540. The fraction of sp³-hybridized carbons (Fsp3) is 0.211. The van der Waals surface area contributed by atoms with Crippen LogP contribution in [0.2, 0.25) is 5.02 Å². The van der Waals surface area contributed by atoms with Crippen molar-refractivity contribution in [2.75, 3.05) is 11.9 Å². The van der Waals surface area contributed by atoms with E-state index >= 15 is 0 Å². The Hall–Kier alpha value is -2.58. The molecule has 148 valence electrons. The summed E-state index contributed by atoms with van der Waals surface area (Å²) in [5.41, 5.74) is 5.50. The van der Waals surface area contributed by atoms with E-state index in [9.17, 15) is 14.4 Å². The second-order valence-electron chi connectivity index (χ2n) is 5.74. The molecule has 0 radical (unpaired) electrons. The highest BCUT2D eigenvalue weighted by atomic mass is 79.9. The lowest BCUT2D eigenvalue weighted by Crippen LogP contribution is -2.43. The summed E-state index contributed by atoms with van der Waals surface area (Å²) in [6, 6.07) is 11.2. The van der Waals surface area contributed by atoms with Gasteiger partial charge in [-0.15, -0.1) is 0 Å². The molecule has 0 saturated heterocycles. The van der Waals surface area contributed by atoms with Crippen molar-refractivity contribution in [2.45, 2.75) is 19.8 Å². The first-order valence-corrected chi connectivity index (χ1v) is 9.63. The van der Waals surface area contributed by atoms with Crippen molar-refractivity contribution in [3.8, 4) is 5.75 Å². The summed E-state index contributed by atoms with van der Waals surface area (Å²) < 4.78 is 5.97. The van der Waals surface area contributed by atoms with Crippen LogP contribution < -0.4 is 20.9 Å². The number of hydrogen-bond acceptors (Lipinski definition) is 4. The highest BCUT2D eigenvalue weighted by Crippen LogP contribution is 2.27. The predicted octanol–water partition coefficient (Wildman–Crippen LogP) is 3.68. The minimum absolute atomic E-state index is 0.0840. The summed E-state index contributed by atoms with van der Waals surface area (Å²) in [6.07, 6.45) is 1.19. The Kier molecular flexibility index (Phi) is 8.28. The number of ether oxygens (including phenoxy) is 1. The number of carbonyl (C=O) groups excluding carboxylic acids is 3. The van der Waals surface area contributed by atoms with E-state index in [0.29, 0.717) is 32.9 Å². The third-order valence-electron chi connectivity index (χ3n) is 3.48. The van der Waals surface area contributed by atoms with E-state index < -0.39 is 11.8 Å². The summed E-state index contributed by atoms with van der Waals surface area (Å²) >= 11 is 9.12. The van der Waals surface area contributed by atoms with Crippen molar-refractivity contribution in [3.05, 3.63) is 57.5 Å². The molecule has 0 spiro atoms. The molecular formula is C19H19BrClN3O4. The van der Waals surface area contributed by atoms with Crippen LogP contribution in [0.25, 0.3) is 0 Å². The Morgan fingerprint density at radius 1 is 1.04 bits per heavy atom. The van der Waals surface area contributed by atoms with Crippen molar-refractivity contribution in [3.63, 3.8) is 0 Å². The number of anilines is 1. The molecule has 3 amide bonds. The smallest absolute Gasteiger partial charge is 0.276 e. The van der Waals surface area contributed by atoms with Crippen molar-refractivity contribution in [1.29, 1.82) is 0 Å². The van der Waals surface area contributed by atoms with E-state index in [4.69, 9.17) is 16.3 Å². The number of carbonyl (C=O) groups is 3. The molecule has 0 saturated carbocycles. The first-order valence-electron chi connectivity index (χ1n) is 8.46. The fourth-order valence-corrected chi connectivity index (χ4v) is 2.92. The Bertz CT molecular complexity index is 859. The molecule has 0 unspecified atom stereocenters. The normalized spacial score (nSPS) is 10.1. The highest BCUT2D eigenvalue weighted by Gasteiger charge is 2.10. The molecule has 3 N–H and O–H groups in total. The Morgan fingerprint density at radius 2 is 1.75 bits per heavy atom. The minimum atomic E-state index is -0.529.